The van der Waals surface area contributed by atoms with Gasteiger partial charge in [-0.1, -0.05) is 24.3 Å². The Bertz CT molecular complexity index is 1150. The number of benzene rings is 2. The standard InChI is InChI=1S/C24H25N3O6/c1-4-31-22-13-9-18(14-23(22)32-5-2)16-33-19-10-6-17(7-11-19)8-12-21(28)24-20(27(29)30)15-26(3)25-24/h6-15H,4-5,16H2,1-3H3/b12-8+. The molecular weight excluding hydrogens is 426 g/mol. The SMILES string of the molecule is CCOc1ccc(COc2ccc(/C=C/C(=O)c3nn(C)cc3[N+](=O)[O-])cc2)cc1OCC. The first kappa shape index (κ1) is 23.5. The monoisotopic (exact) mass is 451 g/mol. The minimum absolute atomic E-state index is 0.194. The van der Waals surface area contributed by atoms with Crippen molar-refractivity contribution in [3.05, 3.63) is 81.7 Å². The quantitative estimate of drug-likeness (QED) is 0.181. The van der Waals surface area contributed by atoms with Crippen LogP contribution in [0, 0.1) is 10.1 Å². The molecule has 0 aliphatic carbocycles. The minimum Gasteiger partial charge on any atom is -0.490 e. The zero-order chi connectivity index (χ0) is 23.8. The van der Waals surface area contributed by atoms with Crippen LogP contribution >= 0.6 is 0 Å². The van der Waals surface area contributed by atoms with Crippen LogP contribution in [0.3, 0.4) is 0 Å². The summed E-state index contributed by atoms with van der Waals surface area (Å²) in [7, 11) is 1.52. The molecule has 0 amide bonds. The summed E-state index contributed by atoms with van der Waals surface area (Å²) >= 11 is 0. The fourth-order valence-corrected chi connectivity index (χ4v) is 3.06. The Morgan fingerprint density at radius 2 is 1.76 bits per heavy atom. The van der Waals surface area contributed by atoms with Gasteiger partial charge in [0.25, 0.3) is 0 Å². The van der Waals surface area contributed by atoms with E-state index in [1.807, 2.05) is 32.0 Å². The maximum absolute atomic E-state index is 12.3. The Hall–Kier alpha value is -4.14. The van der Waals surface area contributed by atoms with Gasteiger partial charge in [0.15, 0.2) is 11.5 Å². The summed E-state index contributed by atoms with van der Waals surface area (Å²) in [5.41, 5.74) is 1.17. The van der Waals surface area contributed by atoms with Crippen molar-refractivity contribution in [1.29, 1.82) is 0 Å². The van der Waals surface area contributed by atoms with E-state index in [2.05, 4.69) is 5.10 Å². The highest BCUT2D eigenvalue weighted by molar-refractivity contribution is 6.07. The highest BCUT2D eigenvalue weighted by Crippen LogP contribution is 2.29. The Kier molecular flexibility index (Phi) is 7.80. The lowest BCUT2D eigenvalue weighted by Gasteiger charge is -2.13. The lowest BCUT2D eigenvalue weighted by Crippen LogP contribution is -2.01. The van der Waals surface area contributed by atoms with E-state index in [9.17, 15) is 14.9 Å². The molecule has 0 aliphatic rings. The maximum Gasteiger partial charge on any atom is 0.318 e. The van der Waals surface area contributed by atoms with Gasteiger partial charge in [-0.15, -0.1) is 0 Å². The van der Waals surface area contributed by atoms with Gasteiger partial charge in [-0.3, -0.25) is 19.6 Å². The van der Waals surface area contributed by atoms with Gasteiger partial charge < -0.3 is 14.2 Å². The zero-order valence-electron chi connectivity index (χ0n) is 18.7. The Labute approximate surface area is 191 Å². The van der Waals surface area contributed by atoms with Crippen LogP contribution < -0.4 is 14.2 Å². The van der Waals surface area contributed by atoms with Gasteiger partial charge >= 0.3 is 5.69 Å². The van der Waals surface area contributed by atoms with E-state index in [0.29, 0.717) is 37.1 Å². The van der Waals surface area contributed by atoms with Crippen LogP contribution in [-0.2, 0) is 13.7 Å². The van der Waals surface area contributed by atoms with Gasteiger partial charge in [0.1, 0.15) is 18.6 Å². The molecule has 9 nitrogen and oxygen atoms in total. The van der Waals surface area contributed by atoms with E-state index in [1.54, 1.807) is 30.3 Å². The third kappa shape index (κ3) is 6.19. The van der Waals surface area contributed by atoms with Gasteiger partial charge in [0, 0.05) is 7.05 Å². The fourth-order valence-electron chi connectivity index (χ4n) is 3.06. The van der Waals surface area contributed by atoms with Crippen molar-refractivity contribution in [3.8, 4) is 17.2 Å². The highest BCUT2D eigenvalue weighted by atomic mass is 16.6. The van der Waals surface area contributed by atoms with Crippen molar-refractivity contribution < 1.29 is 23.9 Å². The molecule has 172 valence electrons. The summed E-state index contributed by atoms with van der Waals surface area (Å²) in [5.74, 6) is 1.50. The van der Waals surface area contributed by atoms with Crippen LogP contribution in [0.25, 0.3) is 6.08 Å². The van der Waals surface area contributed by atoms with Crippen LogP contribution in [0.5, 0.6) is 17.2 Å². The molecule has 0 saturated carbocycles. The molecule has 0 unspecified atom stereocenters. The number of aromatic nitrogens is 2. The molecule has 0 bridgehead atoms. The molecule has 1 aromatic heterocycles. The summed E-state index contributed by atoms with van der Waals surface area (Å²) in [6.45, 7) is 5.28. The predicted molar refractivity (Wildman–Crippen MR) is 123 cm³/mol. The molecule has 1 heterocycles. The van der Waals surface area contributed by atoms with Gasteiger partial charge in [0.05, 0.1) is 18.1 Å². The average molecular weight is 451 g/mol. The average Bonchev–Trinajstić information content (AvgIpc) is 3.21. The van der Waals surface area contributed by atoms with Gasteiger partial charge in [-0.05, 0) is 55.3 Å². The van der Waals surface area contributed by atoms with Crippen molar-refractivity contribution in [2.45, 2.75) is 20.5 Å². The summed E-state index contributed by atoms with van der Waals surface area (Å²) < 4.78 is 18.3. The summed E-state index contributed by atoms with van der Waals surface area (Å²) in [6, 6.07) is 12.8. The highest BCUT2D eigenvalue weighted by Gasteiger charge is 2.22. The Balaban J connectivity index is 1.62. The summed E-state index contributed by atoms with van der Waals surface area (Å²) in [6.07, 6.45) is 4.04. The van der Waals surface area contributed by atoms with E-state index in [0.717, 1.165) is 11.1 Å². The lowest BCUT2D eigenvalue weighted by atomic mass is 10.1. The van der Waals surface area contributed by atoms with Crippen molar-refractivity contribution in [2.75, 3.05) is 13.2 Å². The number of nitrogens with zero attached hydrogens (tertiary/aromatic N) is 3. The number of allylic oxidation sites excluding steroid dienone is 1. The largest absolute Gasteiger partial charge is 0.490 e. The van der Waals surface area contributed by atoms with Crippen molar-refractivity contribution >= 4 is 17.5 Å². The third-order valence-electron chi connectivity index (χ3n) is 4.56. The normalized spacial score (nSPS) is 10.9. The van der Waals surface area contributed by atoms with E-state index < -0.39 is 10.7 Å². The number of ketones is 1. The number of nitro groups is 1. The van der Waals surface area contributed by atoms with Crippen LogP contribution in [0.2, 0.25) is 0 Å². The number of hydrogen-bond acceptors (Lipinski definition) is 7. The van der Waals surface area contributed by atoms with Gasteiger partial charge in [0.2, 0.25) is 11.5 Å². The summed E-state index contributed by atoms with van der Waals surface area (Å²) in [5, 5.41) is 14.9. The molecule has 0 saturated heterocycles. The number of aryl methyl sites for hydroxylation is 1. The van der Waals surface area contributed by atoms with Gasteiger partial charge in [-0.25, -0.2) is 0 Å². The van der Waals surface area contributed by atoms with Crippen LogP contribution in [0.1, 0.15) is 35.5 Å². The molecule has 0 spiro atoms. The molecule has 3 rings (SSSR count). The zero-order valence-corrected chi connectivity index (χ0v) is 18.7. The van der Waals surface area contributed by atoms with Gasteiger partial charge in [-0.2, -0.15) is 5.10 Å². The van der Waals surface area contributed by atoms with Crippen LogP contribution in [0.15, 0.2) is 54.7 Å². The second-order valence-corrected chi connectivity index (χ2v) is 7.00. The molecule has 0 atom stereocenters. The molecule has 0 fully saturated rings. The molecule has 9 heteroatoms. The van der Waals surface area contributed by atoms with Crippen LogP contribution in [0.4, 0.5) is 5.69 Å². The van der Waals surface area contributed by atoms with E-state index >= 15 is 0 Å². The first-order valence-electron chi connectivity index (χ1n) is 10.4. The smallest absolute Gasteiger partial charge is 0.318 e. The van der Waals surface area contributed by atoms with E-state index in [1.165, 1.54) is 24.0 Å². The summed E-state index contributed by atoms with van der Waals surface area (Å²) in [4.78, 5) is 22.7. The molecular formula is C24H25N3O6. The van der Waals surface area contributed by atoms with Crippen LogP contribution in [-0.4, -0.2) is 33.7 Å². The molecule has 0 N–H and O–H groups in total. The minimum atomic E-state index is -0.623. The predicted octanol–water partition coefficient (Wildman–Crippen LogP) is 4.60. The molecule has 2 aromatic carbocycles. The first-order valence-corrected chi connectivity index (χ1v) is 10.4. The number of carbonyl (C=O) groups is 1. The van der Waals surface area contributed by atoms with E-state index in [4.69, 9.17) is 14.2 Å². The Morgan fingerprint density at radius 1 is 1.06 bits per heavy atom. The topological polar surface area (TPSA) is 106 Å². The molecule has 3 aromatic rings. The molecule has 0 radical (unpaired) electrons. The number of rotatable bonds is 11. The second-order valence-electron chi connectivity index (χ2n) is 7.00. The lowest BCUT2D eigenvalue weighted by molar-refractivity contribution is -0.385. The maximum atomic E-state index is 12.3. The number of carbonyl (C=O) groups excluding carboxylic acids is 1. The number of hydrogen-bond donors (Lipinski definition) is 0. The first-order chi connectivity index (χ1) is 15.9. The van der Waals surface area contributed by atoms with E-state index in [-0.39, 0.29) is 11.4 Å². The second kappa shape index (κ2) is 10.9. The molecule has 0 aliphatic heterocycles. The van der Waals surface area contributed by atoms with Crippen molar-refractivity contribution in [1.82, 2.24) is 9.78 Å². The number of ether oxygens (including phenoxy) is 3. The Morgan fingerprint density at radius 3 is 2.42 bits per heavy atom. The third-order valence-corrected chi connectivity index (χ3v) is 4.56. The van der Waals surface area contributed by atoms with Crippen molar-refractivity contribution in [3.63, 3.8) is 0 Å². The van der Waals surface area contributed by atoms with Crippen molar-refractivity contribution in [2.24, 2.45) is 7.05 Å². The fraction of sp³-hybridized carbons (Fsp3) is 0.250. The molecule has 33 heavy (non-hydrogen) atoms.